The van der Waals surface area contributed by atoms with Crippen LogP contribution in [0.15, 0.2) is 40.1 Å². The van der Waals surface area contributed by atoms with Crippen molar-refractivity contribution in [3.05, 3.63) is 58.3 Å². The van der Waals surface area contributed by atoms with E-state index in [0.29, 0.717) is 11.5 Å². The van der Waals surface area contributed by atoms with Gasteiger partial charge in [0.05, 0.1) is 11.3 Å². The van der Waals surface area contributed by atoms with Crippen molar-refractivity contribution in [1.82, 2.24) is 10.2 Å². The molecule has 0 saturated carbocycles. The highest BCUT2D eigenvalue weighted by Crippen LogP contribution is 2.26. The fourth-order valence-corrected chi connectivity index (χ4v) is 3.95. The third kappa shape index (κ3) is 4.04. The molecule has 0 radical (unpaired) electrons. The molecule has 2 aromatic heterocycles. The van der Waals surface area contributed by atoms with Gasteiger partial charge >= 0.3 is 5.97 Å². The molecular weight excluding hydrogens is 376 g/mol. The fourth-order valence-electron chi connectivity index (χ4n) is 3.31. The van der Waals surface area contributed by atoms with Gasteiger partial charge in [-0.2, -0.15) is 0 Å². The molecule has 4 rings (SSSR count). The first-order valence-electron chi connectivity index (χ1n) is 9.32. The number of esters is 1. The molecule has 1 aliphatic carbocycles. The molecule has 1 aromatic carbocycles. The molecule has 7 heteroatoms. The summed E-state index contributed by atoms with van der Waals surface area (Å²) in [6, 6.07) is 9.61. The summed E-state index contributed by atoms with van der Waals surface area (Å²) in [6.07, 6.45) is 2.72. The minimum atomic E-state index is -0.663. The summed E-state index contributed by atoms with van der Waals surface area (Å²) >= 11 is 1.49. The summed E-state index contributed by atoms with van der Waals surface area (Å²) in [5, 5.41) is 9.84. The minimum Gasteiger partial charge on any atom is -0.453 e. The molecule has 0 amide bonds. The van der Waals surface area contributed by atoms with Crippen LogP contribution < -0.4 is 0 Å². The molecule has 2 heterocycles. The average Bonchev–Trinajstić information content (AvgIpc) is 3.45. The lowest BCUT2D eigenvalue weighted by Gasteiger charge is -2.09. The number of benzene rings is 1. The van der Waals surface area contributed by atoms with E-state index in [1.54, 1.807) is 6.92 Å². The number of ether oxygens (including phenoxy) is 1. The zero-order valence-electron chi connectivity index (χ0n) is 15.5. The van der Waals surface area contributed by atoms with Crippen LogP contribution in [0.4, 0.5) is 0 Å². The van der Waals surface area contributed by atoms with Crippen LogP contribution in [0.25, 0.3) is 10.8 Å². The first-order valence-corrected chi connectivity index (χ1v) is 10.2. The highest BCUT2D eigenvalue weighted by Gasteiger charge is 2.20. The Balaban J connectivity index is 1.30. The lowest BCUT2D eigenvalue weighted by Crippen LogP contribution is -2.11. The van der Waals surface area contributed by atoms with E-state index < -0.39 is 12.1 Å². The quantitative estimate of drug-likeness (QED) is 0.430. The monoisotopic (exact) mass is 396 g/mol. The van der Waals surface area contributed by atoms with Crippen molar-refractivity contribution in [2.75, 3.05) is 0 Å². The van der Waals surface area contributed by atoms with E-state index in [-0.39, 0.29) is 24.5 Å². The van der Waals surface area contributed by atoms with Crippen LogP contribution >= 0.6 is 11.3 Å². The smallest absolute Gasteiger partial charge is 0.307 e. The number of nitrogens with zero attached hydrogens (tertiary/aromatic N) is 2. The third-order valence-electron chi connectivity index (χ3n) is 4.81. The molecule has 0 saturated heterocycles. The number of carbonyl (C=O) groups excluding carboxylic acids is 2. The Kier molecular flexibility index (Phi) is 5.34. The van der Waals surface area contributed by atoms with Gasteiger partial charge in [-0.05, 0) is 54.8 Å². The molecule has 0 aliphatic heterocycles. The molecule has 28 heavy (non-hydrogen) atoms. The van der Waals surface area contributed by atoms with Crippen LogP contribution in [0.3, 0.4) is 0 Å². The number of Topliss-reactive ketones (excluding diaryl/α,β-unsaturated/α-hetero) is 1. The van der Waals surface area contributed by atoms with Crippen LogP contribution in [-0.2, 0) is 22.4 Å². The molecule has 0 fully saturated rings. The van der Waals surface area contributed by atoms with Gasteiger partial charge in [0.2, 0.25) is 0 Å². The maximum atomic E-state index is 12.4. The Labute approximate surface area is 166 Å². The number of ketones is 1. The minimum absolute atomic E-state index is 0.0200. The summed E-state index contributed by atoms with van der Waals surface area (Å²) in [6.45, 7) is 1.67. The Hall–Kier alpha value is -2.80. The number of carbonyl (C=O) groups is 2. The van der Waals surface area contributed by atoms with Crippen molar-refractivity contribution < 1.29 is 18.7 Å². The summed E-state index contributed by atoms with van der Waals surface area (Å²) in [5.74, 6) is 0.136. The molecule has 1 atom stereocenters. The third-order valence-corrected chi connectivity index (χ3v) is 5.66. The highest BCUT2D eigenvalue weighted by atomic mass is 32.1. The second-order valence-corrected chi connectivity index (χ2v) is 7.76. The van der Waals surface area contributed by atoms with Crippen LogP contribution in [-0.4, -0.2) is 21.9 Å². The molecular formula is C21H20N2O4S. The Morgan fingerprint density at radius 2 is 2.04 bits per heavy atom. The van der Waals surface area contributed by atoms with Crippen LogP contribution in [0, 0.1) is 0 Å². The van der Waals surface area contributed by atoms with E-state index in [0.717, 1.165) is 24.1 Å². The molecule has 1 aliphatic rings. The fraction of sp³-hybridized carbons (Fsp3) is 0.333. The van der Waals surface area contributed by atoms with E-state index in [1.807, 2.05) is 35.7 Å². The summed E-state index contributed by atoms with van der Waals surface area (Å²) in [5.41, 5.74) is 3.24. The van der Waals surface area contributed by atoms with Gasteiger partial charge in [0.1, 0.15) is 0 Å². The number of aryl methyl sites for hydroxylation is 2. The van der Waals surface area contributed by atoms with Gasteiger partial charge in [0.25, 0.3) is 11.8 Å². The summed E-state index contributed by atoms with van der Waals surface area (Å²) in [7, 11) is 0. The summed E-state index contributed by atoms with van der Waals surface area (Å²) in [4.78, 5) is 25.4. The maximum absolute atomic E-state index is 12.4. The van der Waals surface area contributed by atoms with Crippen LogP contribution in [0.1, 0.15) is 59.7 Å². The zero-order chi connectivity index (χ0) is 19.5. The molecule has 0 spiro atoms. The lowest BCUT2D eigenvalue weighted by atomic mass is 10.0. The molecule has 0 N–H and O–H groups in total. The molecule has 6 nitrogen and oxygen atoms in total. The molecule has 3 aromatic rings. The van der Waals surface area contributed by atoms with Gasteiger partial charge in [-0.3, -0.25) is 9.59 Å². The average molecular weight is 396 g/mol. The maximum Gasteiger partial charge on any atom is 0.307 e. The largest absolute Gasteiger partial charge is 0.453 e. The van der Waals surface area contributed by atoms with Gasteiger partial charge < -0.3 is 9.15 Å². The lowest BCUT2D eigenvalue weighted by molar-refractivity contribution is -0.149. The van der Waals surface area contributed by atoms with E-state index in [4.69, 9.17) is 9.15 Å². The first-order chi connectivity index (χ1) is 13.6. The zero-order valence-corrected chi connectivity index (χ0v) is 16.3. The normalized spacial score (nSPS) is 13.9. The van der Waals surface area contributed by atoms with Gasteiger partial charge in [-0.25, -0.2) is 0 Å². The van der Waals surface area contributed by atoms with E-state index in [1.165, 1.54) is 22.5 Å². The number of hydrogen-bond donors (Lipinski definition) is 0. The van der Waals surface area contributed by atoms with Crippen LogP contribution in [0.2, 0.25) is 0 Å². The Morgan fingerprint density at radius 1 is 1.18 bits per heavy atom. The molecule has 0 bridgehead atoms. The number of fused-ring (bicyclic) bond motifs is 1. The number of hydrogen-bond acceptors (Lipinski definition) is 7. The second-order valence-electron chi connectivity index (χ2n) is 6.82. The van der Waals surface area contributed by atoms with Crippen molar-refractivity contribution in [2.45, 2.75) is 45.1 Å². The second kappa shape index (κ2) is 8.06. The van der Waals surface area contributed by atoms with Gasteiger partial charge in [-0.15, -0.1) is 21.5 Å². The first kappa shape index (κ1) is 18.6. The Bertz CT molecular complexity index is 994. The SMILES string of the molecule is CC(OC(=O)CCC(=O)c1ccc2c(c1)CCC2)c1nnc(-c2cccs2)o1. The van der Waals surface area contributed by atoms with Crippen molar-refractivity contribution in [3.8, 4) is 10.8 Å². The predicted molar refractivity (Wildman–Crippen MR) is 104 cm³/mol. The standard InChI is InChI=1S/C21H20N2O4S/c1-13(20-22-23-21(27-20)18-6-3-11-28-18)26-19(25)10-9-17(24)16-8-7-14-4-2-5-15(14)12-16/h3,6-8,11-13H,2,4-5,9-10H2,1H3. The van der Waals surface area contributed by atoms with Gasteiger partial charge in [0, 0.05) is 12.0 Å². The van der Waals surface area contributed by atoms with Gasteiger partial charge in [-0.1, -0.05) is 18.2 Å². The highest BCUT2D eigenvalue weighted by molar-refractivity contribution is 7.13. The van der Waals surface area contributed by atoms with Gasteiger partial charge in [0.15, 0.2) is 11.9 Å². The van der Waals surface area contributed by atoms with Crippen molar-refractivity contribution in [1.29, 1.82) is 0 Å². The Morgan fingerprint density at radius 3 is 2.86 bits per heavy atom. The number of rotatable bonds is 7. The molecule has 144 valence electrons. The topological polar surface area (TPSA) is 82.3 Å². The van der Waals surface area contributed by atoms with E-state index >= 15 is 0 Å². The molecule has 1 unspecified atom stereocenters. The van der Waals surface area contributed by atoms with E-state index in [9.17, 15) is 9.59 Å². The van der Waals surface area contributed by atoms with Crippen LogP contribution in [0.5, 0.6) is 0 Å². The predicted octanol–water partition coefficient (Wildman–Crippen LogP) is 4.55. The summed E-state index contributed by atoms with van der Waals surface area (Å²) < 4.78 is 10.9. The van der Waals surface area contributed by atoms with Crippen molar-refractivity contribution in [2.24, 2.45) is 0 Å². The van der Waals surface area contributed by atoms with Crippen molar-refractivity contribution >= 4 is 23.1 Å². The van der Waals surface area contributed by atoms with Crippen molar-refractivity contribution in [3.63, 3.8) is 0 Å². The van der Waals surface area contributed by atoms with E-state index in [2.05, 4.69) is 10.2 Å². The number of thiophene rings is 1. The number of aromatic nitrogens is 2.